The van der Waals surface area contributed by atoms with E-state index in [2.05, 4.69) is 20.9 Å². The molecular weight excluding hydrogens is 260 g/mol. The molecule has 1 aromatic heterocycles. The summed E-state index contributed by atoms with van der Waals surface area (Å²) in [5.41, 5.74) is 0.586. The number of halogens is 1. The van der Waals surface area contributed by atoms with Crippen LogP contribution in [0.1, 0.15) is 16.8 Å². The number of hydrogen-bond acceptors (Lipinski definition) is 3. The van der Waals surface area contributed by atoms with Gasteiger partial charge in [-0.2, -0.15) is 0 Å². The second-order valence-electron chi connectivity index (χ2n) is 3.30. The SMILES string of the molecule is O=C(c1cccnc1Br)N1CCCOC1. The molecule has 4 nitrogen and oxygen atoms in total. The van der Waals surface area contributed by atoms with E-state index in [1.807, 2.05) is 0 Å². The lowest BCUT2D eigenvalue weighted by Crippen LogP contribution is -2.38. The molecule has 15 heavy (non-hydrogen) atoms. The molecule has 1 saturated heterocycles. The molecule has 0 aromatic carbocycles. The summed E-state index contributed by atoms with van der Waals surface area (Å²) in [5.74, 6) is -0.0327. The fraction of sp³-hybridized carbons (Fsp3) is 0.400. The molecule has 80 valence electrons. The van der Waals surface area contributed by atoms with Gasteiger partial charge >= 0.3 is 0 Å². The third-order valence-electron chi connectivity index (χ3n) is 2.24. The molecule has 1 amide bonds. The molecule has 1 aliphatic rings. The van der Waals surface area contributed by atoms with E-state index in [-0.39, 0.29) is 5.91 Å². The number of carbonyl (C=O) groups is 1. The smallest absolute Gasteiger partial charge is 0.258 e. The average Bonchev–Trinajstić information content (AvgIpc) is 2.30. The van der Waals surface area contributed by atoms with E-state index in [0.717, 1.165) is 19.6 Å². The van der Waals surface area contributed by atoms with E-state index in [0.29, 0.717) is 16.9 Å². The first-order valence-corrected chi connectivity index (χ1v) is 5.56. The first kappa shape index (κ1) is 10.6. The molecule has 1 fully saturated rings. The highest BCUT2D eigenvalue weighted by molar-refractivity contribution is 9.10. The fourth-order valence-electron chi connectivity index (χ4n) is 1.47. The molecular formula is C10H11BrN2O2. The van der Waals surface area contributed by atoms with Crippen LogP contribution in [0.5, 0.6) is 0 Å². The number of amides is 1. The normalized spacial score (nSPS) is 16.5. The molecule has 0 N–H and O–H groups in total. The third-order valence-corrected chi connectivity index (χ3v) is 2.87. The molecule has 0 bridgehead atoms. The van der Waals surface area contributed by atoms with Gasteiger partial charge in [0, 0.05) is 12.7 Å². The van der Waals surface area contributed by atoms with Gasteiger partial charge in [0.2, 0.25) is 0 Å². The Balaban J connectivity index is 2.16. The zero-order chi connectivity index (χ0) is 10.7. The Hall–Kier alpha value is -0.940. The van der Waals surface area contributed by atoms with E-state index in [1.54, 1.807) is 23.2 Å². The van der Waals surface area contributed by atoms with Gasteiger partial charge in [-0.05, 0) is 34.5 Å². The summed E-state index contributed by atoms with van der Waals surface area (Å²) in [6.45, 7) is 1.86. The minimum atomic E-state index is -0.0327. The van der Waals surface area contributed by atoms with Crippen molar-refractivity contribution < 1.29 is 9.53 Å². The van der Waals surface area contributed by atoms with Gasteiger partial charge in [-0.25, -0.2) is 4.98 Å². The summed E-state index contributed by atoms with van der Waals surface area (Å²) < 4.78 is 5.82. The quantitative estimate of drug-likeness (QED) is 0.729. The van der Waals surface area contributed by atoms with Crippen LogP contribution in [-0.4, -0.2) is 35.7 Å². The molecule has 0 unspecified atom stereocenters. The second kappa shape index (κ2) is 4.72. The first-order chi connectivity index (χ1) is 7.29. The van der Waals surface area contributed by atoms with Crippen LogP contribution >= 0.6 is 15.9 Å². The summed E-state index contributed by atoms with van der Waals surface area (Å²) in [6.07, 6.45) is 2.54. The standard InChI is InChI=1S/C10H11BrN2O2/c11-9-8(3-1-4-12-9)10(14)13-5-2-6-15-7-13/h1,3-4H,2,5-7H2. The van der Waals surface area contributed by atoms with Gasteiger partial charge in [0.25, 0.3) is 5.91 Å². The van der Waals surface area contributed by atoms with Crippen molar-refractivity contribution in [3.63, 3.8) is 0 Å². The Morgan fingerprint density at radius 1 is 1.60 bits per heavy atom. The highest BCUT2D eigenvalue weighted by Gasteiger charge is 2.20. The van der Waals surface area contributed by atoms with E-state index >= 15 is 0 Å². The van der Waals surface area contributed by atoms with E-state index < -0.39 is 0 Å². The van der Waals surface area contributed by atoms with Gasteiger partial charge in [0.1, 0.15) is 11.3 Å². The molecule has 0 aliphatic carbocycles. The van der Waals surface area contributed by atoms with Crippen LogP contribution in [0.25, 0.3) is 0 Å². The summed E-state index contributed by atoms with van der Waals surface area (Å²) in [4.78, 5) is 17.7. The predicted molar refractivity (Wildman–Crippen MR) is 58.4 cm³/mol. The van der Waals surface area contributed by atoms with Gasteiger partial charge in [0.05, 0.1) is 12.2 Å². The Kier molecular flexibility index (Phi) is 3.33. The highest BCUT2D eigenvalue weighted by atomic mass is 79.9. The van der Waals surface area contributed by atoms with Crippen LogP contribution in [0.2, 0.25) is 0 Å². The van der Waals surface area contributed by atoms with Crippen LogP contribution < -0.4 is 0 Å². The minimum Gasteiger partial charge on any atom is -0.361 e. The Bertz CT molecular complexity index is 364. The number of carbonyl (C=O) groups excluding carboxylic acids is 1. The summed E-state index contributed by atoms with van der Waals surface area (Å²) in [7, 11) is 0. The van der Waals surface area contributed by atoms with Crippen LogP contribution in [0, 0.1) is 0 Å². The van der Waals surface area contributed by atoms with Crippen molar-refractivity contribution in [3.8, 4) is 0 Å². The predicted octanol–water partition coefficient (Wildman–Crippen LogP) is 1.66. The largest absolute Gasteiger partial charge is 0.361 e. The number of nitrogens with zero attached hydrogens (tertiary/aromatic N) is 2. The molecule has 2 rings (SSSR count). The molecule has 0 saturated carbocycles. The summed E-state index contributed by atoms with van der Waals surface area (Å²) in [5, 5.41) is 0. The van der Waals surface area contributed by atoms with Crippen LogP contribution in [0.15, 0.2) is 22.9 Å². The van der Waals surface area contributed by atoms with E-state index in [4.69, 9.17) is 4.74 Å². The zero-order valence-electron chi connectivity index (χ0n) is 8.15. The molecule has 1 aromatic rings. The topological polar surface area (TPSA) is 42.4 Å². The number of aromatic nitrogens is 1. The van der Waals surface area contributed by atoms with Gasteiger partial charge in [-0.15, -0.1) is 0 Å². The van der Waals surface area contributed by atoms with Crippen molar-refractivity contribution in [1.82, 2.24) is 9.88 Å². The maximum absolute atomic E-state index is 12.0. The molecule has 5 heteroatoms. The van der Waals surface area contributed by atoms with E-state index in [1.165, 1.54) is 0 Å². The Morgan fingerprint density at radius 2 is 2.47 bits per heavy atom. The molecule has 1 aliphatic heterocycles. The van der Waals surface area contributed by atoms with Gasteiger partial charge in [0.15, 0.2) is 0 Å². The first-order valence-electron chi connectivity index (χ1n) is 4.76. The van der Waals surface area contributed by atoms with Crippen LogP contribution in [0.3, 0.4) is 0 Å². The van der Waals surface area contributed by atoms with Gasteiger partial charge in [-0.3, -0.25) is 4.79 Å². The lowest BCUT2D eigenvalue weighted by atomic mass is 10.2. The molecule has 2 heterocycles. The number of ether oxygens (including phenoxy) is 1. The summed E-state index contributed by atoms with van der Waals surface area (Å²) >= 11 is 3.26. The Labute approximate surface area is 96.4 Å². The number of pyridine rings is 1. The fourth-order valence-corrected chi connectivity index (χ4v) is 1.89. The highest BCUT2D eigenvalue weighted by Crippen LogP contribution is 2.16. The second-order valence-corrected chi connectivity index (χ2v) is 4.05. The summed E-state index contributed by atoms with van der Waals surface area (Å²) in [6, 6.07) is 3.51. The van der Waals surface area contributed by atoms with Crippen molar-refractivity contribution in [2.24, 2.45) is 0 Å². The maximum Gasteiger partial charge on any atom is 0.258 e. The number of rotatable bonds is 1. The van der Waals surface area contributed by atoms with Gasteiger partial charge in [-0.1, -0.05) is 0 Å². The monoisotopic (exact) mass is 270 g/mol. The molecule has 0 atom stereocenters. The van der Waals surface area contributed by atoms with Crippen LogP contribution in [0.4, 0.5) is 0 Å². The number of hydrogen-bond donors (Lipinski definition) is 0. The van der Waals surface area contributed by atoms with E-state index in [9.17, 15) is 4.79 Å². The maximum atomic E-state index is 12.0. The molecule has 0 radical (unpaired) electrons. The zero-order valence-corrected chi connectivity index (χ0v) is 9.74. The Morgan fingerprint density at radius 3 is 3.13 bits per heavy atom. The minimum absolute atomic E-state index is 0.0327. The average molecular weight is 271 g/mol. The van der Waals surface area contributed by atoms with Crippen LogP contribution in [-0.2, 0) is 4.74 Å². The third kappa shape index (κ3) is 2.35. The molecule has 0 spiro atoms. The lowest BCUT2D eigenvalue weighted by Gasteiger charge is -2.26. The van der Waals surface area contributed by atoms with Crippen molar-refractivity contribution in [2.45, 2.75) is 6.42 Å². The van der Waals surface area contributed by atoms with Gasteiger partial charge < -0.3 is 9.64 Å². The van der Waals surface area contributed by atoms with Crippen molar-refractivity contribution in [3.05, 3.63) is 28.5 Å². The van der Waals surface area contributed by atoms with Crippen molar-refractivity contribution in [1.29, 1.82) is 0 Å². The van der Waals surface area contributed by atoms with Crippen molar-refractivity contribution in [2.75, 3.05) is 19.9 Å². The van der Waals surface area contributed by atoms with Crippen molar-refractivity contribution >= 4 is 21.8 Å². The lowest BCUT2D eigenvalue weighted by molar-refractivity contribution is -0.00578.